The van der Waals surface area contributed by atoms with Crippen LogP contribution in [-0.2, 0) is 0 Å². The van der Waals surface area contributed by atoms with Gasteiger partial charge in [0.1, 0.15) is 11.2 Å². The summed E-state index contributed by atoms with van der Waals surface area (Å²) in [6.07, 6.45) is 0. The molecule has 0 spiro atoms. The molecule has 8 aromatic carbocycles. The van der Waals surface area contributed by atoms with Crippen molar-refractivity contribution >= 4 is 65.6 Å². The largest absolute Gasteiger partial charge is 0.456 e. The van der Waals surface area contributed by atoms with Gasteiger partial charge in [-0.15, -0.1) is 0 Å². The average molecular weight is 651 g/mol. The van der Waals surface area contributed by atoms with Crippen LogP contribution in [0.3, 0.4) is 0 Å². The van der Waals surface area contributed by atoms with Crippen LogP contribution < -0.4 is 0 Å². The third kappa shape index (κ3) is 4.12. The Labute approximate surface area is 293 Å². The van der Waals surface area contributed by atoms with E-state index in [2.05, 4.69) is 185 Å². The Morgan fingerprint density at radius 3 is 1.75 bits per heavy atom. The van der Waals surface area contributed by atoms with Gasteiger partial charge < -0.3 is 13.6 Å². The number of benzene rings is 8. The van der Waals surface area contributed by atoms with E-state index in [1.807, 2.05) is 6.07 Å². The molecule has 11 aromatic rings. The van der Waals surface area contributed by atoms with Crippen LogP contribution in [0.15, 0.2) is 186 Å². The average Bonchev–Trinajstić information content (AvgIpc) is 3.86. The van der Waals surface area contributed by atoms with Crippen LogP contribution in [0.1, 0.15) is 0 Å². The number of hydrogen-bond donors (Lipinski definition) is 0. The summed E-state index contributed by atoms with van der Waals surface area (Å²) in [5.41, 5.74) is 13.6. The quantitative estimate of drug-likeness (QED) is 0.186. The molecule has 0 saturated heterocycles. The Morgan fingerprint density at radius 2 is 0.941 bits per heavy atom. The van der Waals surface area contributed by atoms with Crippen molar-refractivity contribution < 1.29 is 4.42 Å². The second kappa shape index (κ2) is 10.8. The zero-order valence-corrected chi connectivity index (χ0v) is 27.6. The first-order valence-corrected chi connectivity index (χ1v) is 17.4. The predicted molar refractivity (Wildman–Crippen MR) is 213 cm³/mol. The molecule has 51 heavy (non-hydrogen) atoms. The van der Waals surface area contributed by atoms with Crippen molar-refractivity contribution in [1.29, 1.82) is 0 Å². The molecular formula is C48H30N2O. The Balaban J connectivity index is 1.17. The van der Waals surface area contributed by atoms with Gasteiger partial charge >= 0.3 is 0 Å². The van der Waals surface area contributed by atoms with E-state index in [-0.39, 0.29) is 0 Å². The van der Waals surface area contributed by atoms with Gasteiger partial charge in [0.05, 0.1) is 33.1 Å². The summed E-state index contributed by atoms with van der Waals surface area (Å²) in [7, 11) is 0. The maximum atomic E-state index is 6.39. The molecule has 0 aliphatic heterocycles. The number of hydrogen-bond acceptors (Lipinski definition) is 1. The zero-order chi connectivity index (χ0) is 33.5. The van der Waals surface area contributed by atoms with E-state index in [0.29, 0.717) is 0 Å². The smallest absolute Gasteiger partial charge is 0.137 e. The fraction of sp³-hybridized carbons (Fsp3) is 0. The van der Waals surface area contributed by atoms with E-state index >= 15 is 0 Å². The molecule has 0 radical (unpaired) electrons. The zero-order valence-electron chi connectivity index (χ0n) is 27.6. The molecule has 3 heteroatoms. The van der Waals surface area contributed by atoms with Gasteiger partial charge in [0.25, 0.3) is 0 Å². The Kier molecular flexibility index (Phi) is 5.96. The van der Waals surface area contributed by atoms with Gasteiger partial charge in [0.15, 0.2) is 0 Å². The van der Waals surface area contributed by atoms with E-state index in [0.717, 1.165) is 33.3 Å². The van der Waals surface area contributed by atoms with E-state index in [4.69, 9.17) is 4.42 Å². The summed E-state index contributed by atoms with van der Waals surface area (Å²) in [4.78, 5) is 0. The van der Waals surface area contributed by atoms with E-state index in [1.54, 1.807) is 0 Å². The van der Waals surface area contributed by atoms with Gasteiger partial charge in [0.2, 0.25) is 0 Å². The summed E-state index contributed by atoms with van der Waals surface area (Å²) in [5.74, 6) is 0. The van der Waals surface area contributed by atoms with Crippen LogP contribution in [0.4, 0.5) is 0 Å². The molecule has 0 unspecified atom stereocenters. The molecule has 0 N–H and O–H groups in total. The highest BCUT2D eigenvalue weighted by atomic mass is 16.3. The van der Waals surface area contributed by atoms with Gasteiger partial charge in [0, 0.05) is 32.6 Å². The van der Waals surface area contributed by atoms with Crippen LogP contribution in [0.5, 0.6) is 0 Å². The predicted octanol–water partition coefficient (Wildman–Crippen LogP) is 13.1. The normalized spacial score (nSPS) is 11.9. The molecule has 3 aromatic heterocycles. The number of aromatic nitrogens is 2. The van der Waals surface area contributed by atoms with Crippen molar-refractivity contribution in [2.45, 2.75) is 0 Å². The molecule has 0 aliphatic carbocycles. The lowest BCUT2D eigenvalue weighted by molar-refractivity contribution is 0.669. The lowest BCUT2D eigenvalue weighted by Crippen LogP contribution is -1.96. The van der Waals surface area contributed by atoms with Gasteiger partial charge in [-0.1, -0.05) is 127 Å². The van der Waals surface area contributed by atoms with E-state index in [1.165, 1.54) is 65.9 Å². The van der Waals surface area contributed by atoms with Crippen molar-refractivity contribution in [3.8, 4) is 33.6 Å². The molecule has 0 aliphatic rings. The van der Waals surface area contributed by atoms with Crippen molar-refractivity contribution in [2.24, 2.45) is 0 Å². The molecule has 0 fully saturated rings. The van der Waals surface area contributed by atoms with Crippen LogP contribution in [-0.4, -0.2) is 9.13 Å². The Morgan fingerprint density at radius 1 is 0.333 bits per heavy atom. The maximum absolute atomic E-state index is 6.39. The number of para-hydroxylation sites is 3. The lowest BCUT2D eigenvalue weighted by Gasteiger charge is -2.12. The second-order valence-electron chi connectivity index (χ2n) is 13.3. The van der Waals surface area contributed by atoms with Crippen LogP contribution in [0, 0.1) is 0 Å². The minimum Gasteiger partial charge on any atom is -0.456 e. The van der Waals surface area contributed by atoms with Crippen LogP contribution >= 0.6 is 0 Å². The van der Waals surface area contributed by atoms with Crippen LogP contribution in [0.2, 0.25) is 0 Å². The number of furan rings is 1. The van der Waals surface area contributed by atoms with Crippen LogP contribution in [0.25, 0.3) is 99.2 Å². The minimum absolute atomic E-state index is 0.892. The first kappa shape index (κ1) is 28.0. The Hall–Kier alpha value is -6.84. The number of nitrogens with zero attached hydrogens (tertiary/aromatic N) is 2. The topological polar surface area (TPSA) is 23.0 Å². The van der Waals surface area contributed by atoms with Gasteiger partial charge in [-0.05, 0) is 76.9 Å². The van der Waals surface area contributed by atoms with Gasteiger partial charge in [-0.2, -0.15) is 0 Å². The van der Waals surface area contributed by atoms with E-state index in [9.17, 15) is 0 Å². The molecule has 0 atom stereocenters. The SMILES string of the molecule is c1ccc(-c2cccc(-c3ccc(-n4c5ccccc5c5c4ccc4c6ccccc6n(-c6cccc7oc8ccccc8c67)c45)cc3)c2)cc1. The first-order chi connectivity index (χ1) is 25.3. The van der Waals surface area contributed by atoms with Crippen molar-refractivity contribution in [3.05, 3.63) is 182 Å². The molecule has 0 amide bonds. The number of fused-ring (bicyclic) bond motifs is 10. The standard InChI is InChI=1S/C48H30N2O/c1-2-12-31(13-3-1)33-14-10-15-34(30-33)32-24-26-35(27-25-32)49-41-20-8-5-17-38(41)47-43(49)29-28-37-36-16-4-7-19-40(36)50(48(37)47)42-21-11-23-45-46(42)39-18-6-9-22-44(39)51-45/h1-30H. The maximum Gasteiger partial charge on any atom is 0.137 e. The lowest BCUT2D eigenvalue weighted by atomic mass is 9.99. The minimum atomic E-state index is 0.892. The fourth-order valence-corrected chi connectivity index (χ4v) is 8.29. The third-order valence-electron chi connectivity index (χ3n) is 10.5. The van der Waals surface area contributed by atoms with Crippen molar-refractivity contribution in [2.75, 3.05) is 0 Å². The molecule has 0 saturated carbocycles. The molecule has 3 nitrogen and oxygen atoms in total. The monoisotopic (exact) mass is 650 g/mol. The molecule has 0 bridgehead atoms. The highest BCUT2D eigenvalue weighted by Gasteiger charge is 2.22. The summed E-state index contributed by atoms with van der Waals surface area (Å²) in [5, 5.41) is 7.19. The fourth-order valence-electron chi connectivity index (χ4n) is 8.29. The molecular weight excluding hydrogens is 621 g/mol. The third-order valence-corrected chi connectivity index (χ3v) is 10.5. The first-order valence-electron chi connectivity index (χ1n) is 17.4. The van der Waals surface area contributed by atoms with Crippen molar-refractivity contribution in [1.82, 2.24) is 9.13 Å². The summed E-state index contributed by atoms with van der Waals surface area (Å²) < 4.78 is 11.3. The Bertz CT molecular complexity index is 3120. The molecule has 238 valence electrons. The van der Waals surface area contributed by atoms with E-state index < -0.39 is 0 Å². The molecule has 11 rings (SSSR count). The van der Waals surface area contributed by atoms with Gasteiger partial charge in [-0.25, -0.2) is 0 Å². The second-order valence-corrected chi connectivity index (χ2v) is 13.3. The molecule has 3 heterocycles. The summed E-state index contributed by atoms with van der Waals surface area (Å²) >= 11 is 0. The highest BCUT2D eigenvalue weighted by molar-refractivity contribution is 6.27. The summed E-state index contributed by atoms with van der Waals surface area (Å²) in [6, 6.07) is 65.4. The van der Waals surface area contributed by atoms with Crippen molar-refractivity contribution in [3.63, 3.8) is 0 Å². The van der Waals surface area contributed by atoms with Gasteiger partial charge in [-0.3, -0.25) is 0 Å². The summed E-state index contributed by atoms with van der Waals surface area (Å²) in [6.45, 7) is 0. The highest BCUT2D eigenvalue weighted by Crippen LogP contribution is 2.44. The number of rotatable bonds is 4.